The first-order chi connectivity index (χ1) is 9.78. The van der Waals surface area contributed by atoms with Gasteiger partial charge in [-0.25, -0.2) is 0 Å². The highest BCUT2D eigenvalue weighted by atomic mass is 35.5. The van der Waals surface area contributed by atoms with Gasteiger partial charge in [0.25, 0.3) is 0 Å². The summed E-state index contributed by atoms with van der Waals surface area (Å²) in [5.41, 5.74) is 2.16. The highest BCUT2D eigenvalue weighted by molar-refractivity contribution is 5.93. The van der Waals surface area contributed by atoms with Crippen molar-refractivity contribution in [2.75, 3.05) is 11.9 Å². The molecule has 1 aromatic rings. The highest BCUT2D eigenvalue weighted by Crippen LogP contribution is 2.49. The Labute approximate surface area is 133 Å². The summed E-state index contributed by atoms with van der Waals surface area (Å²) in [5, 5.41) is 6.45. The first-order valence-electron chi connectivity index (χ1n) is 7.88. The quantitative estimate of drug-likeness (QED) is 0.808. The highest BCUT2D eigenvalue weighted by Gasteiger charge is 2.45. The zero-order valence-corrected chi connectivity index (χ0v) is 13.4. The molecule has 0 saturated heterocycles. The second-order valence-electron chi connectivity index (χ2n) is 6.17. The van der Waals surface area contributed by atoms with Gasteiger partial charge in [-0.1, -0.05) is 19.1 Å². The third-order valence-corrected chi connectivity index (χ3v) is 4.34. The van der Waals surface area contributed by atoms with Gasteiger partial charge >= 0.3 is 0 Å². The van der Waals surface area contributed by atoms with E-state index < -0.39 is 0 Å². The zero-order valence-electron chi connectivity index (χ0n) is 12.6. The van der Waals surface area contributed by atoms with Gasteiger partial charge in [0.1, 0.15) is 0 Å². The maximum Gasteiger partial charge on any atom is 0.228 e. The summed E-state index contributed by atoms with van der Waals surface area (Å²) in [5.74, 6) is 1.84. The van der Waals surface area contributed by atoms with Gasteiger partial charge < -0.3 is 10.6 Å². The number of benzene rings is 1. The predicted octanol–water partition coefficient (Wildman–Crippen LogP) is 3.59. The Hall–Kier alpha value is -1.06. The van der Waals surface area contributed by atoms with Crippen LogP contribution in [-0.4, -0.2) is 12.5 Å². The number of carbonyl (C=O) groups is 1. The van der Waals surface area contributed by atoms with Gasteiger partial charge in [-0.15, -0.1) is 12.4 Å². The van der Waals surface area contributed by atoms with Crippen molar-refractivity contribution >= 4 is 24.0 Å². The van der Waals surface area contributed by atoms with Gasteiger partial charge in [0, 0.05) is 18.2 Å². The molecule has 0 heterocycles. The maximum atomic E-state index is 12.5. The van der Waals surface area contributed by atoms with Crippen LogP contribution in [0.2, 0.25) is 0 Å². The molecule has 2 aliphatic rings. The van der Waals surface area contributed by atoms with E-state index in [4.69, 9.17) is 0 Å². The van der Waals surface area contributed by atoms with Crippen molar-refractivity contribution in [1.29, 1.82) is 0 Å². The van der Waals surface area contributed by atoms with Crippen LogP contribution in [0.15, 0.2) is 24.3 Å². The molecule has 3 nitrogen and oxygen atoms in total. The lowest BCUT2D eigenvalue weighted by Crippen LogP contribution is -2.26. The van der Waals surface area contributed by atoms with Crippen molar-refractivity contribution < 1.29 is 4.79 Å². The van der Waals surface area contributed by atoms with Gasteiger partial charge in [0.05, 0.1) is 0 Å². The summed E-state index contributed by atoms with van der Waals surface area (Å²) >= 11 is 0. The molecule has 3 rings (SSSR count). The van der Waals surface area contributed by atoms with Crippen LogP contribution in [0.25, 0.3) is 0 Å². The molecule has 0 aromatic heterocycles. The molecule has 116 valence electrons. The Morgan fingerprint density at radius 2 is 1.90 bits per heavy atom. The molecule has 0 unspecified atom stereocenters. The molecule has 1 aromatic carbocycles. The molecule has 2 saturated carbocycles. The number of carbonyl (C=O) groups excluding carboxylic acids is 1. The van der Waals surface area contributed by atoms with Crippen LogP contribution in [0, 0.1) is 17.8 Å². The minimum Gasteiger partial charge on any atom is -0.326 e. The van der Waals surface area contributed by atoms with Gasteiger partial charge in [-0.2, -0.15) is 0 Å². The smallest absolute Gasteiger partial charge is 0.228 e. The number of rotatable bonds is 7. The number of anilines is 1. The normalized spacial score (nSPS) is 17.4. The van der Waals surface area contributed by atoms with Crippen LogP contribution < -0.4 is 10.6 Å². The van der Waals surface area contributed by atoms with Crippen molar-refractivity contribution in [1.82, 2.24) is 5.32 Å². The van der Waals surface area contributed by atoms with E-state index in [1.807, 2.05) is 12.1 Å². The van der Waals surface area contributed by atoms with Gasteiger partial charge in [-0.3, -0.25) is 4.79 Å². The first-order valence-corrected chi connectivity index (χ1v) is 7.88. The van der Waals surface area contributed by atoms with E-state index in [1.54, 1.807) is 0 Å². The minimum absolute atomic E-state index is 0. The van der Waals surface area contributed by atoms with Crippen molar-refractivity contribution in [3.63, 3.8) is 0 Å². The van der Waals surface area contributed by atoms with Crippen LogP contribution >= 0.6 is 12.4 Å². The second kappa shape index (κ2) is 7.28. The van der Waals surface area contributed by atoms with Gasteiger partial charge in [0.15, 0.2) is 0 Å². The van der Waals surface area contributed by atoms with E-state index in [0.717, 1.165) is 18.8 Å². The van der Waals surface area contributed by atoms with E-state index in [1.165, 1.54) is 31.2 Å². The van der Waals surface area contributed by atoms with E-state index in [9.17, 15) is 4.79 Å². The van der Waals surface area contributed by atoms with Crippen molar-refractivity contribution in [2.24, 2.45) is 17.8 Å². The van der Waals surface area contributed by atoms with E-state index in [-0.39, 0.29) is 24.2 Å². The lowest BCUT2D eigenvalue weighted by molar-refractivity contribution is -0.121. The average molecular weight is 309 g/mol. The molecule has 0 bridgehead atoms. The fourth-order valence-electron chi connectivity index (χ4n) is 2.98. The molecule has 0 spiro atoms. The Morgan fingerprint density at radius 1 is 1.24 bits per heavy atom. The number of nitrogens with one attached hydrogen (secondary N) is 2. The fourth-order valence-corrected chi connectivity index (χ4v) is 2.98. The summed E-state index contributed by atoms with van der Waals surface area (Å²) in [6.45, 7) is 3.92. The minimum atomic E-state index is 0. The molecule has 4 heteroatoms. The lowest BCUT2D eigenvalue weighted by atomic mass is 9.97. The SMILES string of the molecule is CCNCc1cccc(NC(=O)C(C2CC2)C2CC2)c1.Cl. The standard InChI is InChI=1S/C17H24N2O.ClH/c1-2-18-11-12-4-3-5-15(10-12)19-17(20)16(13-6-7-13)14-8-9-14;/h3-5,10,13-14,16,18H,2,6-9,11H2,1H3,(H,19,20);1H. The topological polar surface area (TPSA) is 41.1 Å². The molecule has 0 radical (unpaired) electrons. The molecule has 0 atom stereocenters. The van der Waals surface area contributed by atoms with E-state index >= 15 is 0 Å². The van der Waals surface area contributed by atoms with Crippen molar-refractivity contribution in [3.05, 3.63) is 29.8 Å². The molecule has 2 N–H and O–H groups in total. The average Bonchev–Trinajstić information content (AvgIpc) is 3.31. The third kappa shape index (κ3) is 4.45. The van der Waals surface area contributed by atoms with Crippen LogP contribution in [0.1, 0.15) is 38.2 Å². The Bertz CT molecular complexity index is 471. The summed E-state index contributed by atoms with van der Waals surface area (Å²) in [6, 6.07) is 8.19. The van der Waals surface area contributed by atoms with Crippen molar-refractivity contribution in [3.8, 4) is 0 Å². The van der Waals surface area contributed by atoms with Crippen LogP contribution in [0.3, 0.4) is 0 Å². The van der Waals surface area contributed by atoms with E-state index in [0.29, 0.717) is 11.8 Å². The summed E-state index contributed by atoms with van der Waals surface area (Å²) < 4.78 is 0. The predicted molar refractivity (Wildman–Crippen MR) is 88.6 cm³/mol. The Morgan fingerprint density at radius 3 is 2.48 bits per heavy atom. The van der Waals surface area contributed by atoms with Crippen LogP contribution in [0.5, 0.6) is 0 Å². The number of hydrogen-bond donors (Lipinski definition) is 2. The Balaban J connectivity index is 0.00000161. The third-order valence-electron chi connectivity index (χ3n) is 4.34. The van der Waals surface area contributed by atoms with Gasteiger partial charge in [0.2, 0.25) is 5.91 Å². The summed E-state index contributed by atoms with van der Waals surface area (Å²) in [7, 11) is 0. The van der Waals surface area contributed by atoms with Gasteiger partial charge in [-0.05, 0) is 61.8 Å². The second-order valence-corrected chi connectivity index (χ2v) is 6.17. The molecular weight excluding hydrogens is 284 g/mol. The molecule has 1 amide bonds. The van der Waals surface area contributed by atoms with Crippen LogP contribution in [0.4, 0.5) is 5.69 Å². The fraction of sp³-hybridized carbons (Fsp3) is 0.588. The first kappa shape index (κ1) is 16.3. The molecular formula is C17H25ClN2O. The molecule has 2 aliphatic carbocycles. The zero-order chi connectivity index (χ0) is 13.9. The largest absolute Gasteiger partial charge is 0.326 e. The summed E-state index contributed by atoms with van der Waals surface area (Å²) in [6.07, 6.45) is 4.98. The lowest BCUT2D eigenvalue weighted by Gasteiger charge is -2.16. The molecule has 2 fully saturated rings. The monoisotopic (exact) mass is 308 g/mol. The van der Waals surface area contributed by atoms with Crippen molar-refractivity contribution in [2.45, 2.75) is 39.2 Å². The number of amides is 1. The number of hydrogen-bond acceptors (Lipinski definition) is 2. The summed E-state index contributed by atoms with van der Waals surface area (Å²) in [4.78, 5) is 12.5. The number of halogens is 1. The van der Waals surface area contributed by atoms with E-state index in [2.05, 4.69) is 29.7 Å². The maximum absolute atomic E-state index is 12.5. The molecule has 21 heavy (non-hydrogen) atoms. The van der Waals surface area contributed by atoms with Crippen LogP contribution in [-0.2, 0) is 11.3 Å². The molecule has 0 aliphatic heterocycles. The Kier molecular flexibility index (Phi) is 5.65.